The van der Waals surface area contributed by atoms with Crippen molar-refractivity contribution in [3.8, 4) is 0 Å². The van der Waals surface area contributed by atoms with E-state index in [1.54, 1.807) is 0 Å². The van der Waals surface area contributed by atoms with Gasteiger partial charge in [0.05, 0.1) is 0 Å². The summed E-state index contributed by atoms with van der Waals surface area (Å²) in [4.78, 5) is 0. The number of benzene rings is 1. The third kappa shape index (κ3) is 1.84. The molecule has 2 atom stereocenters. The first-order valence-electron chi connectivity index (χ1n) is 5.68. The number of nitrogens with one attached hydrogen (secondary N) is 1. The molecule has 16 heavy (non-hydrogen) atoms. The molecule has 3 heteroatoms. The monoisotopic (exact) mass is 225 g/mol. The van der Waals surface area contributed by atoms with Crippen molar-refractivity contribution in [3.05, 3.63) is 35.4 Å². The molecule has 0 heterocycles. The second-order valence-corrected chi connectivity index (χ2v) is 4.89. The molecule has 1 N–H and O–H groups in total. The normalized spacial score (nSPS) is 29.6. The van der Waals surface area contributed by atoms with Crippen LogP contribution in [0.4, 0.5) is 8.78 Å². The third-order valence-electron chi connectivity index (χ3n) is 3.72. The maximum atomic E-state index is 13.7. The molecule has 0 aliphatic heterocycles. The summed E-state index contributed by atoms with van der Waals surface area (Å²) in [7, 11) is 1.90. The van der Waals surface area contributed by atoms with Crippen LogP contribution in [0.5, 0.6) is 0 Å². The molecule has 1 aromatic carbocycles. The summed E-state index contributed by atoms with van der Waals surface area (Å²) in [6, 6.07) is 4.47. The first kappa shape index (κ1) is 11.5. The quantitative estimate of drug-likeness (QED) is 0.816. The number of rotatable bonds is 2. The van der Waals surface area contributed by atoms with Crippen LogP contribution in [0, 0.1) is 11.6 Å². The van der Waals surface area contributed by atoms with Crippen molar-refractivity contribution in [2.75, 3.05) is 7.05 Å². The van der Waals surface area contributed by atoms with E-state index >= 15 is 0 Å². The van der Waals surface area contributed by atoms with Crippen LogP contribution in [-0.4, -0.2) is 13.1 Å². The lowest BCUT2D eigenvalue weighted by molar-refractivity contribution is 0.413. The van der Waals surface area contributed by atoms with E-state index in [9.17, 15) is 8.78 Å². The van der Waals surface area contributed by atoms with Crippen LogP contribution in [-0.2, 0) is 5.41 Å². The standard InChI is InChI=1S/C13H17F2N/c1-13(7-6-9(8-13)16-2)12-10(14)4-3-5-11(12)15/h3-5,9,16H,6-8H2,1-2H3. The molecule has 1 aliphatic carbocycles. The third-order valence-corrected chi connectivity index (χ3v) is 3.72. The van der Waals surface area contributed by atoms with E-state index in [1.165, 1.54) is 18.2 Å². The summed E-state index contributed by atoms with van der Waals surface area (Å²) in [5.41, 5.74) is -0.115. The predicted octanol–water partition coefficient (Wildman–Crippen LogP) is 2.99. The van der Waals surface area contributed by atoms with E-state index in [0.717, 1.165) is 19.3 Å². The van der Waals surface area contributed by atoms with Gasteiger partial charge in [0, 0.05) is 11.6 Å². The second kappa shape index (κ2) is 4.13. The highest BCUT2D eigenvalue weighted by atomic mass is 19.1. The Hall–Kier alpha value is -0.960. The lowest BCUT2D eigenvalue weighted by atomic mass is 9.80. The molecule has 0 amide bonds. The Morgan fingerprint density at radius 2 is 1.94 bits per heavy atom. The SMILES string of the molecule is CNC1CCC(C)(c2c(F)cccc2F)C1. The zero-order valence-electron chi connectivity index (χ0n) is 9.69. The molecule has 0 aromatic heterocycles. The molecular weight excluding hydrogens is 208 g/mol. The fraction of sp³-hybridized carbons (Fsp3) is 0.538. The summed E-state index contributed by atoms with van der Waals surface area (Å²) < 4.78 is 27.4. The Morgan fingerprint density at radius 1 is 1.31 bits per heavy atom. The number of hydrogen-bond donors (Lipinski definition) is 1. The molecule has 2 rings (SSSR count). The highest BCUT2D eigenvalue weighted by molar-refractivity contribution is 5.29. The van der Waals surface area contributed by atoms with Crippen molar-refractivity contribution in [2.45, 2.75) is 37.6 Å². The van der Waals surface area contributed by atoms with Crippen LogP contribution in [0.25, 0.3) is 0 Å². The van der Waals surface area contributed by atoms with Crippen LogP contribution in [0.1, 0.15) is 31.7 Å². The van der Waals surface area contributed by atoms with Gasteiger partial charge < -0.3 is 5.32 Å². The summed E-state index contributed by atoms with van der Waals surface area (Å²) in [6.07, 6.45) is 2.60. The number of hydrogen-bond acceptors (Lipinski definition) is 1. The first-order valence-corrected chi connectivity index (χ1v) is 5.68. The predicted molar refractivity (Wildman–Crippen MR) is 60.4 cm³/mol. The van der Waals surface area contributed by atoms with Gasteiger partial charge in [0.1, 0.15) is 11.6 Å². The van der Waals surface area contributed by atoms with Gasteiger partial charge in [-0.15, -0.1) is 0 Å². The fourth-order valence-corrected chi connectivity index (χ4v) is 2.79. The molecular formula is C13H17F2N. The molecule has 1 aliphatic rings. The summed E-state index contributed by atoms with van der Waals surface area (Å²) >= 11 is 0. The summed E-state index contributed by atoms with van der Waals surface area (Å²) in [5.74, 6) is -0.835. The van der Waals surface area contributed by atoms with Crippen molar-refractivity contribution < 1.29 is 8.78 Å². The van der Waals surface area contributed by atoms with Gasteiger partial charge in [-0.3, -0.25) is 0 Å². The van der Waals surface area contributed by atoms with E-state index < -0.39 is 11.6 Å². The van der Waals surface area contributed by atoms with Gasteiger partial charge in [-0.1, -0.05) is 13.0 Å². The van der Waals surface area contributed by atoms with E-state index in [1.807, 2.05) is 14.0 Å². The lowest BCUT2D eigenvalue weighted by Crippen LogP contribution is -2.27. The van der Waals surface area contributed by atoms with E-state index in [-0.39, 0.29) is 11.0 Å². The Bertz CT molecular complexity index is 371. The molecule has 1 nitrogen and oxygen atoms in total. The van der Waals surface area contributed by atoms with Gasteiger partial charge in [-0.25, -0.2) is 8.78 Å². The minimum absolute atomic E-state index is 0.257. The molecule has 0 saturated heterocycles. The summed E-state index contributed by atoms with van der Waals surface area (Å²) in [5, 5.41) is 3.18. The maximum Gasteiger partial charge on any atom is 0.129 e. The van der Waals surface area contributed by atoms with Crippen molar-refractivity contribution in [1.82, 2.24) is 5.32 Å². The van der Waals surface area contributed by atoms with Gasteiger partial charge in [0.15, 0.2) is 0 Å². The minimum atomic E-state index is -0.417. The van der Waals surface area contributed by atoms with Gasteiger partial charge in [-0.2, -0.15) is 0 Å². The smallest absolute Gasteiger partial charge is 0.129 e. The van der Waals surface area contributed by atoms with Crippen molar-refractivity contribution >= 4 is 0 Å². The van der Waals surface area contributed by atoms with Gasteiger partial charge in [-0.05, 0) is 43.9 Å². The Kier molecular flexibility index (Phi) is 2.98. The van der Waals surface area contributed by atoms with Crippen LogP contribution in [0.2, 0.25) is 0 Å². The summed E-state index contributed by atoms with van der Waals surface area (Å²) in [6.45, 7) is 1.95. The molecule has 1 fully saturated rings. The number of halogens is 2. The average Bonchev–Trinajstić information content (AvgIpc) is 2.61. The molecule has 1 aromatic rings. The average molecular weight is 225 g/mol. The molecule has 1 saturated carbocycles. The van der Waals surface area contributed by atoms with Crippen molar-refractivity contribution in [2.24, 2.45) is 0 Å². The highest BCUT2D eigenvalue weighted by Gasteiger charge is 2.39. The van der Waals surface area contributed by atoms with Crippen LogP contribution in [0.3, 0.4) is 0 Å². The van der Waals surface area contributed by atoms with E-state index in [0.29, 0.717) is 6.04 Å². The topological polar surface area (TPSA) is 12.0 Å². The lowest BCUT2D eigenvalue weighted by Gasteiger charge is -2.25. The first-order chi connectivity index (χ1) is 7.57. The van der Waals surface area contributed by atoms with Gasteiger partial charge in [0.25, 0.3) is 0 Å². The van der Waals surface area contributed by atoms with Crippen molar-refractivity contribution in [3.63, 3.8) is 0 Å². The zero-order chi connectivity index (χ0) is 11.8. The molecule has 0 spiro atoms. The highest BCUT2D eigenvalue weighted by Crippen LogP contribution is 2.42. The van der Waals surface area contributed by atoms with Crippen molar-refractivity contribution in [1.29, 1.82) is 0 Å². The fourth-order valence-electron chi connectivity index (χ4n) is 2.79. The Labute approximate surface area is 94.9 Å². The molecule has 0 radical (unpaired) electrons. The Morgan fingerprint density at radius 3 is 2.44 bits per heavy atom. The Balaban J connectivity index is 2.37. The van der Waals surface area contributed by atoms with Crippen LogP contribution in [0.15, 0.2) is 18.2 Å². The minimum Gasteiger partial charge on any atom is -0.317 e. The zero-order valence-corrected chi connectivity index (χ0v) is 9.69. The van der Waals surface area contributed by atoms with Gasteiger partial charge in [0.2, 0.25) is 0 Å². The second-order valence-electron chi connectivity index (χ2n) is 4.89. The van der Waals surface area contributed by atoms with Crippen LogP contribution >= 0.6 is 0 Å². The molecule has 2 unspecified atom stereocenters. The van der Waals surface area contributed by atoms with Gasteiger partial charge >= 0.3 is 0 Å². The maximum absolute atomic E-state index is 13.7. The van der Waals surface area contributed by atoms with E-state index in [4.69, 9.17) is 0 Å². The van der Waals surface area contributed by atoms with E-state index in [2.05, 4.69) is 5.32 Å². The molecule has 88 valence electrons. The largest absolute Gasteiger partial charge is 0.317 e. The van der Waals surface area contributed by atoms with Crippen LogP contribution < -0.4 is 5.32 Å². The molecule has 0 bridgehead atoms.